The monoisotopic (exact) mass is 501 g/mol. The van der Waals surface area contributed by atoms with E-state index in [2.05, 4.69) is 9.97 Å². The van der Waals surface area contributed by atoms with Gasteiger partial charge in [-0.2, -0.15) is 0 Å². The van der Waals surface area contributed by atoms with Crippen LogP contribution < -0.4 is 10.4 Å². The van der Waals surface area contributed by atoms with Crippen molar-refractivity contribution in [3.05, 3.63) is 81.4 Å². The van der Waals surface area contributed by atoms with Gasteiger partial charge in [0.2, 0.25) is 0 Å². The van der Waals surface area contributed by atoms with Crippen molar-refractivity contribution < 1.29 is 23.1 Å². The van der Waals surface area contributed by atoms with Gasteiger partial charge in [0.25, 0.3) is 0 Å². The number of ether oxygens (including phenoxy) is 1. The van der Waals surface area contributed by atoms with Gasteiger partial charge in [0, 0.05) is 5.56 Å². The molecule has 0 unspecified atom stereocenters. The molecule has 0 amide bonds. The quantitative estimate of drug-likeness (QED) is 0.411. The summed E-state index contributed by atoms with van der Waals surface area (Å²) in [6.45, 7) is 3.13. The minimum Gasteiger partial charge on any atom is -0.496 e. The molecule has 0 fully saturated rings. The number of pyridine rings is 1. The molecule has 176 valence electrons. The van der Waals surface area contributed by atoms with Gasteiger partial charge in [-0.15, -0.1) is 0 Å². The van der Waals surface area contributed by atoms with Gasteiger partial charge in [-0.1, -0.05) is 29.8 Å². The number of hydrogen-bond acceptors (Lipinski definition) is 6. The fraction of sp³-hybridized carbons (Fsp3) is 0.174. The van der Waals surface area contributed by atoms with Crippen LogP contribution in [0, 0.1) is 0 Å². The third-order valence-electron chi connectivity index (χ3n) is 5.65. The molecule has 0 aliphatic rings. The molecule has 0 saturated carbocycles. The van der Waals surface area contributed by atoms with Crippen LogP contribution in [-0.4, -0.2) is 41.1 Å². The number of para-hydroxylation sites is 1. The first-order valence-corrected chi connectivity index (χ1v) is 11.9. The average Bonchev–Trinajstić information content (AvgIpc) is 3.13. The number of benzene rings is 2. The number of fused-ring (bicyclic) bond motifs is 1. The van der Waals surface area contributed by atoms with Crippen molar-refractivity contribution in [3.63, 3.8) is 0 Å². The molecule has 0 spiro atoms. The van der Waals surface area contributed by atoms with Gasteiger partial charge in [-0.05, 0) is 50.2 Å². The Morgan fingerprint density at radius 3 is 2.53 bits per heavy atom. The van der Waals surface area contributed by atoms with Gasteiger partial charge in [-0.3, -0.25) is 0 Å². The SMILES string of the molecule is COc1ccccc1C(C)(C)S(=O)(=O)c1ccc(Cl)c(-n2c(=O)[nH]c3ccc(C(=O)O)nc32)c1. The second kappa shape index (κ2) is 8.30. The Morgan fingerprint density at radius 2 is 1.85 bits per heavy atom. The lowest BCUT2D eigenvalue weighted by atomic mass is 10.0. The maximum absolute atomic E-state index is 13.8. The molecule has 0 aliphatic heterocycles. The van der Waals surface area contributed by atoms with Crippen molar-refractivity contribution in [1.82, 2.24) is 14.5 Å². The number of aromatic carboxylic acids is 1. The minimum atomic E-state index is -4.02. The number of halogens is 1. The molecule has 4 rings (SSSR count). The Morgan fingerprint density at radius 1 is 1.15 bits per heavy atom. The number of sulfone groups is 1. The Hall–Kier alpha value is -3.63. The second-order valence-electron chi connectivity index (χ2n) is 7.97. The van der Waals surface area contributed by atoms with E-state index >= 15 is 0 Å². The number of nitrogens with zero attached hydrogens (tertiary/aromatic N) is 2. The number of hydrogen-bond donors (Lipinski definition) is 2. The molecule has 0 atom stereocenters. The van der Waals surface area contributed by atoms with Crippen LogP contribution in [0.15, 0.2) is 64.3 Å². The highest BCUT2D eigenvalue weighted by atomic mass is 35.5. The number of carboxylic acids is 1. The molecule has 2 N–H and O–H groups in total. The number of carbonyl (C=O) groups is 1. The Bertz CT molecular complexity index is 1600. The number of carboxylic acid groups (broad SMARTS) is 1. The molecule has 2 aromatic heterocycles. The normalized spacial score (nSPS) is 12.1. The van der Waals surface area contributed by atoms with E-state index in [1.807, 2.05) is 0 Å². The minimum absolute atomic E-state index is 0.00494. The number of rotatable bonds is 6. The van der Waals surface area contributed by atoms with Crippen molar-refractivity contribution in [2.45, 2.75) is 23.5 Å². The van der Waals surface area contributed by atoms with E-state index in [-0.39, 0.29) is 32.5 Å². The van der Waals surface area contributed by atoms with Gasteiger partial charge in [0.15, 0.2) is 21.2 Å². The first kappa shape index (κ1) is 23.5. The maximum Gasteiger partial charge on any atom is 0.354 e. The predicted octanol–water partition coefficient (Wildman–Crippen LogP) is 3.78. The molecule has 4 aromatic rings. The van der Waals surface area contributed by atoms with Gasteiger partial charge >= 0.3 is 11.7 Å². The second-order valence-corrected chi connectivity index (χ2v) is 10.9. The molecule has 0 saturated heterocycles. The summed E-state index contributed by atoms with van der Waals surface area (Å²) >= 11 is 6.36. The zero-order valence-electron chi connectivity index (χ0n) is 18.4. The highest BCUT2D eigenvalue weighted by Gasteiger charge is 2.40. The van der Waals surface area contributed by atoms with Crippen LogP contribution in [0.4, 0.5) is 0 Å². The molecule has 0 radical (unpaired) electrons. The van der Waals surface area contributed by atoms with Crippen LogP contribution in [0.3, 0.4) is 0 Å². The van der Waals surface area contributed by atoms with E-state index in [1.54, 1.807) is 38.1 Å². The third-order valence-corrected chi connectivity index (χ3v) is 8.40. The number of H-pyrrole nitrogens is 1. The standard InChI is InChI=1S/C23H20ClN3O6S/c1-23(2,14-6-4-5-7-19(14)33-3)34(31,32)13-8-9-15(24)18(12-13)27-20-16(26-22(27)30)10-11-17(25-20)21(28)29/h4-12H,1-3H3,(H,26,30)(H,28,29). The number of imidazole rings is 1. The lowest BCUT2D eigenvalue weighted by molar-refractivity contribution is 0.0691. The summed E-state index contributed by atoms with van der Waals surface area (Å²) in [4.78, 5) is 30.6. The van der Waals surface area contributed by atoms with Gasteiger partial charge < -0.3 is 14.8 Å². The van der Waals surface area contributed by atoms with Crippen LogP contribution in [0.5, 0.6) is 5.75 Å². The summed E-state index contributed by atoms with van der Waals surface area (Å²) in [6, 6.07) is 13.5. The largest absolute Gasteiger partial charge is 0.496 e. The zero-order valence-corrected chi connectivity index (χ0v) is 19.9. The van der Waals surface area contributed by atoms with E-state index in [0.717, 1.165) is 4.57 Å². The Balaban J connectivity index is 1.93. The summed E-state index contributed by atoms with van der Waals surface area (Å²) in [5.74, 6) is -0.855. The highest BCUT2D eigenvalue weighted by Crippen LogP contribution is 2.40. The Labute approximate surface area is 199 Å². The molecular formula is C23H20ClN3O6S. The van der Waals surface area contributed by atoms with Crippen LogP contribution in [0.2, 0.25) is 5.02 Å². The predicted molar refractivity (Wildman–Crippen MR) is 127 cm³/mol. The number of aromatic amines is 1. The molecule has 34 heavy (non-hydrogen) atoms. The number of nitrogens with one attached hydrogen (secondary N) is 1. The summed E-state index contributed by atoms with van der Waals surface area (Å²) in [7, 11) is -2.56. The number of aromatic nitrogens is 3. The van der Waals surface area contributed by atoms with Crippen molar-refractivity contribution >= 4 is 38.6 Å². The first-order valence-electron chi connectivity index (χ1n) is 10.0. The topological polar surface area (TPSA) is 131 Å². The lowest BCUT2D eigenvalue weighted by Crippen LogP contribution is -2.30. The maximum atomic E-state index is 13.8. The fourth-order valence-corrected chi connectivity index (χ4v) is 5.50. The van der Waals surface area contributed by atoms with Gasteiger partial charge in [-0.25, -0.2) is 27.6 Å². The first-order chi connectivity index (χ1) is 16.0. The zero-order chi connectivity index (χ0) is 24.8. The van der Waals surface area contributed by atoms with E-state index in [1.165, 1.54) is 37.4 Å². The van der Waals surface area contributed by atoms with Crippen LogP contribution in [0.1, 0.15) is 29.9 Å². The summed E-state index contributed by atoms with van der Waals surface area (Å²) in [6.07, 6.45) is 0. The summed E-state index contributed by atoms with van der Waals surface area (Å²) in [5, 5.41) is 9.37. The molecule has 0 aliphatic carbocycles. The summed E-state index contributed by atoms with van der Waals surface area (Å²) in [5.41, 5.74) is -0.141. The lowest BCUT2D eigenvalue weighted by Gasteiger charge is -2.27. The molecular weight excluding hydrogens is 482 g/mol. The molecule has 2 heterocycles. The highest BCUT2D eigenvalue weighted by molar-refractivity contribution is 7.92. The van der Waals surface area contributed by atoms with Crippen molar-refractivity contribution in [1.29, 1.82) is 0 Å². The van der Waals surface area contributed by atoms with Crippen molar-refractivity contribution in [3.8, 4) is 11.4 Å². The van der Waals surface area contributed by atoms with Crippen LogP contribution in [0.25, 0.3) is 16.9 Å². The molecule has 2 aromatic carbocycles. The smallest absolute Gasteiger partial charge is 0.354 e. The van der Waals surface area contributed by atoms with Gasteiger partial charge in [0.1, 0.15) is 5.75 Å². The van der Waals surface area contributed by atoms with E-state index in [0.29, 0.717) is 11.3 Å². The third kappa shape index (κ3) is 3.64. The van der Waals surface area contributed by atoms with E-state index in [4.69, 9.17) is 16.3 Å². The molecule has 9 nitrogen and oxygen atoms in total. The average molecular weight is 502 g/mol. The van der Waals surface area contributed by atoms with E-state index in [9.17, 15) is 23.1 Å². The fourth-order valence-electron chi connectivity index (χ4n) is 3.74. The molecule has 0 bridgehead atoms. The van der Waals surface area contributed by atoms with Gasteiger partial charge in [0.05, 0.1) is 33.0 Å². The van der Waals surface area contributed by atoms with Crippen molar-refractivity contribution in [2.75, 3.05) is 7.11 Å². The summed E-state index contributed by atoms with van der Waals surface area (Å²) < 4.78 is 32.5. The Kier molecular flexibility index (Phi) is 5.74. The van der Waals surface area contributed by atoms with E-state index < -0.39 is 26.2 Å². The van der Waals surface area contributed by atoms with Crippen molar-refractivity contribution in [2.24, 2.45) is 0 Å². The molecule has 11 heteroatoms. The number of methoxy groups -OCH3 is 1. The van der Waals surface area contributed by atoms with Crippen LogP contribution in [-0.2, 0) is 14.6 Å². The van der Waals surface area contributed by atoms with Crippen LogP contribution >= 0.6 is 11.6 Å².